The van der Waals surface area contributed by atoms with Gasteiger partial charge in [-0.15, -0.1) is 0 Å². The van der Waals surface area contributed by atoms with Crippen LogP contribution in [-0.4, -0.2) is 50.0 Å². The Labute approximate surface area is 243 Å². The Morgan fingerprint density at radius 3 is 2.27 bits per heavy atom. The summed E-state index contributed by atoms with van der Waals surface area (Å²) in [5.41, 5.74) is -0.580. The Balaban J connectivity index is 2.30. The van der Waals surface area contributed by atoms with Crippen LogP contribution in [0.5, 0.6) is 0 Å². The zero-order valence-electron chi connectivity index (χ0n) is 22.8. The molecule has 0 saturated carbocycles. The molecule has 2 atom stereocenters. The van der Waals surface area contributed by atoms with Crippen LogP contribution in [-0.2, 0) is 32.3 Å². The highest BCUT2D eigenvalue weighted by Gasteiger charge is 2.32. The maximum Gasteiger partial charge on any atom is 0.416 e. The van der Waals surface area contributed by atoms with Gasteiger partial charge >= 0.3 is 6.18 Å². The fourth-order valence-electron chi connectivity index (χ4n) is 4.04. The summed E-state index contributed by atoms with van der Waals surface area (Å²) in [6.45, 7) is 5.30. The SMILES string of the molecule is CCC(C)NC(=O)C(CC)N(Cc1ccc(Cl)cc1Cl)C(=O)CCCN(c1cccc(C(F)(F)F)c1)S(C)(=O)=O. The van der Waals surface area contributed by atoms with Crippen molar-refractivity contribution in [3.8, 4) is 0 Å². The minimum absolute atomic E-state index is 0.00356. The summed E-state index contributed by atoms with van der Waals surface area (Å²) >= 11 is 12.3. The topological polar surface area (TPSA) is 86.8 Å². The highest BCUT2D eigenvalue weighted by Crippen LogP contribution is 2.32. The first kappa shape index (κ1) is 33.7. The van der Waals surface area contributed by atoms with Gasteiger partial charge in [-0.3, -0.25) is 13.9 Å². The lowest BCUT2D eigenvalue weighted by atomic mass is 10.1. The Morgan fingerprint density at radius 2 is 1.73 bits per heavy atom. The van der Waals surface area contributed by atoms with Crippen molar-refractivity contribution >= 4 is 50.7 Å². The fourth-order valence-corrected chi connectivity index (χ4v) is 5.46. The number of anilines is 1. The summed E-state index contributed by atoms with van der Waals surface area (Å²) in [6.07, 6.45) is -2.94. The van der Waals surface area contributed by atoms with Crippen LogP contribution in [0.15, 0.2) is 42.5 Å². The normalized spacial score (nSPS) is 13.4. The molecule has 0 aromatic heterocycles. The van der Waals surface area contributed by atoms with Gasteiger partial charge in [-0.1, -0.05) is 49.2 Å². The van der Waals surface area contributed by atoms with Gasteiger partial charge in [-0.25, -0.2) is 8.42 Å². The molecule has 2 aromatic carbocycles. The Morgan fingerprint density at radius 1 is 1.05 bits per heavy atom. The molecule has 40 heavy (non-hydrogen) atoms. The second-order valence-electron chi connectivity index (χ2n) is 9.49. The Hall–Kier alpha value is -2.50. The lowest BCUT2D eigenvalue weighted by molar-refractivity contribution is -0.141. The zero-order chi connectivity index (χ0) is 30.3. The number of hydrogen-bond acceptors (Lipinski definition) is 4. The van der Waals surface area contributed by atoms with Crippen LogP contribution >= 0.6 is 23.2 Å². The average molecular weight is 625 g/mol. The van der Waals surface area contributed by atoms with E-state index in [0.29, 0.717) is 28.5 Å². The number of nitrogens with zero attached hydrogens (tertiary/aromatic N) is 2. The highest BCUT2D eigenvalue weighted by atomic mass is 35.5. The van der Waals surface area contributed by atoms with Crippen LogP contribution in [0.1, 0.15) is 57.6 Å². The second-order valence-corrected chi connectivity index (χ2v) is 12.2. The van der Waals surface area contributed by atoms with Gasteiger partial charge in [0.25, 0.3) is 0 Å². The standard InChI is InChI=1S/C27H34Cl2F3N3O4S/c1-5-18(3)33-26(37)24(6-2)34(17-19-12-13-21(28)16-23(19)29)25(36)11-8-14-35(40(4,38)39)22-10-7-9-20(15-22)27(30,31)32/h7,9-10,12-13,15-16,18,24H,5-6,8,11,14,17H2,1-4H3,(H,33,37). The maximum atomic E-state index is 13.5. The number of alkyl halides is 3. The lowest BCUT2D eigenvalue weighted by Gasteiger charge is -2.32. The Bertz CT molecular complexity index is 1290. The van der Waals surface area contributed by atoms with Crippen LogP contribution in [0.25, 0.3) is 0 Å². The second kappa shape index (κ2) is 14.4. The predicted molar refractivity (Wildman–Crippen MR) is 152 cm³/mol. The molecule has 0 fully saturated rings. The molecule has 0 aliphatic rings. The number of hydrogen-bond donors (Lipinski definition) is 1. The molecule has 2 rings (SSSR count). The van der Waals surface area contributed by atoms with Gasteiger partial charge < -0.3 is 10.2 Å². The number of sulfonamides is 1. The van der Waals surface area contributed by atoms with E-state index in [1.165, 1.54) is 17.0 Å². The largest absolute Gasteiger partial charge is 0.416 e. The van der Waals surface area contributed by atoms with E-state index in [1.807, 2.05) is 13.8 Å². The highest BCUT2D eigenvalue weighted by molar-refractivity contribution is 7.92. The first-order valence-electron chi connectivity index (χ1n) is 12.8. The number of amides is 2. The fraction of sp³-hybridized carbons (Fsp3) is 0.481. The van der Waals surface area contributed by atoms with Crippen molar-refractivity contribution in [1.82, 2.24) is 10.2 Å². The number of rotatable bonds is 13. The van der Waals surface area contributed by atoms with Crippen molar-refractivity contribution in [3.05, 3.63) is 63.6 Å². The predicted octanol–water partition coefficient (Wildman–Crippen LogP) is 6.28. The molecule has 222 valence electrons. The van der Waals surface area contributed by atoms with Crippen LogP contribution in [0.3, 0.4) is 0 Å². The first-order chi connectivity index (χ1) is 18.6. The molecule has 0 saturated heterocycles. The summed E-state index contributed by atoms with van der Waals surface area (Å²) in [7, 11) is -3.96. The summed E-state index contributed by atoms with van der Waals surface area (Å²) in [5.74, 6) is -0.772. The summed E-state index contributed by atoms with van der Waals surface area (Å²) in [6, 6.07) is 7.84. The molecule has 2 unspecified atom stereocenters. The molecule has 0 heterocycles. The van der Waals surface area contributed by atoms with Gasteiger partial charge in [0.05, 0.1) is 17.5 Å². The minimum atomic E-state index is -4.65. The molecular weight excluding hydrogens is 590 g/mol. The van der Waals surface area contributed by atoms with Gasteiger partial charge in [0, 0.05) is 35.6 Å². The van der Waals surface area contributed by atoms with Gasteiger partial charge in [0.1, 0.15) is 6.04 Å². The van der Waals surface area contributed by atoms with E-state index in [0.717, 1.165) is 28.8 Å². The van der Waals surface area contributed by atoms with Gasteiger partial charge in [-0.05, 0) is 62.1 Å². The smallest absolute Gasteiger partial charge is 0.352 e. The molecule has 1 N–H and O–H groups in total. The van der Waals surface area contributed by atoms with Crippen molar-refractivity contribution in [1.29, 1.82) is 0 Å². The van der Waals surface area contributed by atoms with E-state index in [9.17, 15) is 31.2 Å². The number of halogens is 5. The van der Waals surface area contributed by atoms with E-state index in [4.69, 9.17) is 23.2 Å². The molecule has 7 nitrogen and oxygen atoms in total. The average Bonchev–Trinajstić information content (AvgIpc) is 2.86. The third-order valence-corrected chi connectivity index (χ3v) is 8.14. The first-order valence-corrected chi connectivity index (χ1v) is 15.4. The quantitative estimate of drug-likeness (QED) is 0.284. The van der Waals surface area contributed by atoms with E-state index in [2.05, 4.69) is 5.32 Å². The molecule has 0 radical (unpaired) electrons. The van der Waals surface area contributed by atoms with E-state index in [1.54, 1.807) is 19.1 Å². The van der Waals surface area contributed by atoms with Crippen molar-refractivity contribution < 1.29 is 31.2 Å². The van der Waals surface area contributed by atoms with E-state index in [-0.39, 0.29) is 43.6 Å². The maximum absolute atomic E-state index is 13.5. The van der Waals surface area contributed by atoms with Crippen LogP contribution in [0.4, 0.5) is 18.9 Å². The molecule has 13 heteroatoms. The van der Waals surface area contributed by atoms with E-state index >= 15 is 0 Å². The van der Waals surface area contributed by atoms with Crippen LogP contribution in [0.2, 0.25) is 10.0 Å². The molecule has 0 aliphatic carbocycles. The third-order valence-electron chi connectivity index (χ3n) is 6.36. The minimum Gasteiger partial charge on any atom is -0.352 e. The number of benzene rings is 2. The van der Waals surface area contributed by atoms with Crippen LogP contribution in [0, 0.1) is 0 Å². The molecule has 0 bridgehead atoms. The summed E-state index contributed by atoms with van der Waals surface area (Å²) in [5, 5.41) is 3.61. The third kappa shape index (κ3) is 9.55. The van der Waals surface area contributed by atoms with Gasteiger partial charge in [0.15, 0.2) is 0 Å². The molecule has 2 amide bonds. The van der Waals surface area contributed by atoms with Crippen molar-refractivity contribution in [2.24, 2.45) is 0 Å². The number of nitrogens with one attached hydrogen (secondary N) is 1. The molecule has 0 spiro atoms. The number of carbonyl (C=O) groups is 2. The molecule has 2 aromatic rings. The van der Waals surface area contributed by atoms with Crippen LogP contribution < -0.4 is 9.62 Å². The van der Waals surface area contributed by atoms with Crippen molar-refractivity contribution in [3.63, 3.8) is 0 Å². The monoisotopic (exact) mass is 623 g/mol. The van der Waals surface area contributed by atoms with Crippen molar-refractivity contribution in [2.75, 3.05) is 17.1 Å². The zero-order valence-corrected chi connectivity index (χ0v) is 25.1. The summed E-state index contributed by atoms with van der Waals surface area (Å²) in [4.78, 5) is 28.0. The summed E-state index contributed by atoms with van der Waals surface area (Å²) < 4.78 is 65.4. The molecular formula is C27H34Cl2F3N3O4S. The Kier molecular flexibility index (Phi) is 12.1. The van der Waals surface area contributed by atoms with Gasteiger partial charge in [0.2, 0.25) is 21.8 Å². The van der Waals surface area contributed by atoms with E-state index < -0.39 is 33.7 Å². The lowest BCUT2D eigenvalue weighted by Crippen LogP contribution is -2.50. The molecule has 0 aliphatic heterocycles. The number of carbonyl (C=O) groups excluding carboxylic acids is 2. The van der Waals surface area contributed by atoms with Crippen molar-refractivity contribution in [2.45, 2.75) is 71.3 Å². The van der Waals surface area contributed by atoms with Gasteiger partial charge in [-0.2, -0.15) is 13.2 Å².